The van der Waals surface area contributed by atoms with Gasteiger partial charge in [-0.25, -0.2) is 0 Å². The lowest BCUT2D eigenvalue weighted by Gasteiger charge is -2.34. The topological polar surface area (TPSA) is 16.4 Å². The minimum absolute atomic E-state index is 0.459. The average molecular weight is 782 g/mol. The third-order valence-electron chi connectivity index (χ3n) is 13.8. The van der Waals surface area contributed by atoms with Crippen LogP contribution in [0.15, 0.2) is 192 Å². The summed E-state index contributed by atoms with van der Waals surface area (Å²) in [6.07, 6.45) is 0. The van der Waals surface area contributed by atoms with Gasteiger partial charge >= 0.3 is 0 Å². The highest BCUT2D eigenvalue weighted by Gasteiger charge is 2.53. The van der Waals surface area contributed by atoms with Gasteiger partial charge in [-0.2, -0.15) is 0 Å². The van der Waals surface area contributed by atoms with E-state index in [4.69, 9.17) is 4.42 Å². The first-order valence-corrected chi connectivity index (χ1v) is 21.3. The minimum Gasteiger partial charge on any atom is -0.455 e. The van der Waals surface area contributed by atoms with E-state index in [-0.39, 0.29) is 0 Å². The molecule has 0 unspecified atom stereocenters. The fourth-order valence-electron chi connectivity index (χ4n) is 10.7. The Morgan fingerprint density at radius 2 is 0.967 bits per heavy atom. The van der Waals surface area contributed by atoms with E-state index < -0.39 is 5.41 Å². The van der Waals surface area contributed by atoms with Gasteiger partial charge in [-0.3, -0.25) is 0 Å². The molecule has 12 rings (SSSR count). The summed E-state index contributed by atoms with van der Waals surface area (Å²) in [5.74, 6) is 0. The molecule has 290 valence electrons. The Bertz CT molecular complexity index is 3340. The molecule has 0 N–H and O–H groups in total. The largest absolute Gasteiger partial charge is 0.455 e. The highest BCUT2D eigenvalue weighted by Crippen LogP contribution is 2.66. The molecule has 1 spiro atoms. The molecule has 9 aromatic carbocycles. The normalized spacial score (nSPS) is 13.0. The number of para-hydroxylation sites is 2. The van der Waals surface area contributed by atoms with Crippen molar-refractivity contribution in [2.45, 2.75) is 33.1 Å². The van der Waals surface area contributed by atoms with Crippen molar-refractivity contribution < 1.29 is 4.42 Å². The van der Waals surface area contributed by atoms with Crippen molar-refractivity contribution in [2.24, 2.45) is 0 Å². The summed E-state index contributed by atoms with van der Waals surface area (Å²) in [5.41, 5.74) is 25.3. The van der Waals surface area contributed by atoms with Crippen LogP contribution in [0.1, 0.15) is 44.5 Å². The van der Waals surface area contributed by atoms with Gasteiger partial charge in [0, 0.05) is 33.3 Å². The minimum atomic E-state index is -0.459. The molecular formula is C59H43NO. The second kappa shape index (κ2) is 13.3. The molecule has 1 heterocycles. The maximum Gasteiger partial charge on any atom is 0.143 e. The fraction of sp³-hybridized carbons (Fsp3) is 0.0847. The van der Waals surface area contributed by atoms with Crippen molar-refractivity contribution in [1.29, 1.82) is 0 Å². The van der Waals surface area contributed by atoms with E-state index in [0.717, 1.165) is 44.4 Å². The van der Waals surface area contributed by atoms with Crippen LogP contribution in [0.25, 0.3) is 66.4 Å². The predicted molar refractivity (Wildman–Crippen MR) is 255 cm³/mol. The molecule has 2 aliphatic carbocycles. The Morgan fingerprint density at radius 1 is 0.410 bits per heavy atom. The Hall–Kier alpha value is -7.42. The van der Waals surface area contributed by atoms with Crippen molar-refractivity contribution >= 4 is 39.0 Å². The lowest BCUT2D eigenvalue weighted by atomic mass is 9.68. The second-order valence-corrected chi connectivity index (χ2v) is 17.0. The van der Waals surface area contributed by atoms with Crippen LogP contribution in [0.5, 0.6) is 0 Å². The Balaban J connectivity index is 1.12. The monoisotopic (exact) mass is 781 g/mol. The standard InChI is InChI=1S/C59H43NO/c1-36-33-50-53(34-37(36)2)59(51-22-11-8-17-46(51)47-18-9-12-23-52(47)59)57-39(4)38(3)35-54(56(50)57)60(43-29-25-41(26-30-43)40-15-6-5-7-16-40)44-31-27-42(28-32-44)45-20-14-21-49-48-19-10-13-24-55(48)61-58(45)49/h5-35H,1-4H3. The van der Waals surface area contributed by atoms with E-state index >= 15 is 0 Å². The number of hydrogen-bond donors (Lipinski definition) is 0. The van der Waals surface area contributed by atoms with Gasteiger partial charge < -0.3 is 9.32 Å². The molecule has 2 heteroatoms. The zero-order valence-electron chi connectivity index (χ0n) is 34.8. The van der Waals surface area contributed by atoms with Crippen LogP contribution >= 0.6 is 0 Å². The van der Waals surface area contributed by atoms with Crippen LogP contribution in [0.3, 0.4) is 0 Å². The smallest absolute Gasteiger partial charge is 0.143 e. The first-order valence-electron chi connectivity index (χ1n) is 21.3. The maximum absolute atomic E-state index is 6.51. The summed E-state index contributed by atoms with van der Waals surface area (Å²) in [7, 11) is 0. The highest BCUT2D eigenvalue weighted by atomic mass is 16.3. The van der Waals surface area contributed by atoms with Crippen molar-refractivity contribution in [2.75, 3.05) is 4.90 Å². The maximum atomic E-state index is 6.51. The van der Waals surface area contributed by atoms with E-state index in [1.807, 2.05) is 6.07 Å². The number of rotatable bonds is 5. The predicted octanol–water partition coefficient (Wildman–Crippen LogP) is 16.0. The molecule has 10 aromatic rings. The van der Waals surface area contributed by atoms with Crippen molar-refractivity contribution in [3.05, 3.63) is 233 Å². The van der Waals surface area contributed by atoms with Gasteiger partial charge in [-0.15, -0.1) is 0 Å². The molecule has 0 atom stereocenters. The molecule has 0 radical (unpaired) electrons. The number of benzene rings is 9. The molecule has 2 aliphatic rings. The molecule has 0 saturated heterocycles. The van der Waals surface area contributed by atoms with Crippen molar-refractivity contribution in [1.82, 2.24) is 0 Å². The van der Waals surface area contributed by atoms with E-state index in [1.165, 1.54) is 83.6 Å². The molecule has 61 heavy (non-hydrogen) atoms. The first kappa shape index (κ1) is 35.5. The second-order valence-electron chi connectivity index (χ2n) is 17.0. The molecule has 0 bridgehead atoms. The zero-order chi connectivity index (χ0) is 41.0. The Kier molecular flexibility index (Phi) is 7.74. The number of fused-ring (bicyclic) bond motifs is 13. The number of hydrogen-bond acceptors (Lipinski definition) is 2. The average Bonchev–Trinajstić information content (AvgIpc) is 3.93. The van der Waals surface area contributed by atoms with Crippen LogP contribution in [0.4, 0.5) is 17.1 Å². The van der Waals surface area contributed by atoms with Crippen LogP contribution in [0.2, 0.25) is 0 Å². The summed E-state index contributed by atoms with van der Waals surface area (Å²) in [6, 6.07) is 69.3. The first-order chi connectivity index (χ1) is 29.9. The molecule has 0 amide bonds. The number of furan rings is 1. The number of nitrogens with zero attached hydrogens (tertiary/aromatic N) is 1. The molecule has 2 nitrogen and oxygen atoms in total. The van der Waals surface area contributed by atoms with Gasteiger partial charge in [-0.1, -0.05) is 152 Å². The van der Waals surface area contributed by atoms with E-state index in [1.54, 1.807) is 0 Å². The van der Waals surface area contributed by atoms with Gasteiger partial charge in [-0.05, 0) is 142 Å². The third-order valence-corrected chi connectivity index (χ3v) is 13.8. The summed E-state index contributed by atoms with van der Waals surface area (Å²) < 4.78 is 6.51. The molecular weight excluding hydrogens is 739 g/mol. The van der Waals surface area contributed by atoms with Crippen LogP contribution < -0.4 is 4.90 Å². The van der Waals surface area contributed by atoms with Crippen molar-refractivity contribution in [3.63, 3.8) is 0 Å². The Labute approximate surface area is 357 Å². The number of aryl methyl sites for hydroxylation is 3. The Morgan fingerprint density at radius 3 is 1.67 bits per heavy atom. The zero-order valence-corrected chi connectivity index (χ0v) is 34.8. The summed E-state index contributed by atoms with van der Waals surface area (Å²) in [4.78, 5) is 2.50. The summed E-state index contributed by atoms with van der Waals surface area (Å²) >= 11 is 0. The van der Waals surface area contributed by atoms with E-state index in [2.05, 4.69) is 215 Å². The van der Waals surface area contributed by atoms with Crippen LogP contribution in [-0.2, 0) is 5.41 Å². The lowest BCUT2D eigenvalue weighted by Crippen LogP contribution is -2.27. The molecule has 0 saturated carbocycles. The van der Waals surface area contributed by atoms with E-state index in [9.17, 15) is 0 Å². The third kappa shape index (κ3) is 5.03. The quantitative estimate of drug-likeness (QED) is 0.173. The molecule has 0 aliphatic heterocycles. The number of anilines is 3. The summed E-state index contributed by atoms with van der Waals surface area (Å²) in [5, 5.41) is 2.27. The van der Waals surface area contributed by atoms with Crippen LogP contribution in [0, 0.1) is 27.7 Å². The van der Waals surface area contributed by atoms with E-state index in [0.29, 0.717) is 0 Å². The molecule has 0 fully saturated rings. The van der Waals surface area contributed by atoms with Gasteiger partial charge in [0.15, 0.2) is 0 Å². The highest BCUT2D eigenvalue weighted by molar-refractivity contribution is 6.10. The molecule has 1 aromatic heterocycles. The van der Waals surface area contributed by atoms with Crippen LogP contribution in [-0.4, -0.2) is 0 Å². The SMILES string of the molecule is Cc1cc2c(cc1C)C1(c3ccccc3-c3ccccc31)c1c(C)c(C)cc(N(c3ccc(-c4ccccc4)cc3)c3ccc(-c4cccc5c4oc4ccccc45)cc3)c1-2. The van der Waals surface area contributed by atoms with Gasteiger partial charge in [0.05, 0.1) is 11.1 Å². The van der Waals surface area contributed by atoms with Gasteiger partial charge in [0.1, 0.15) is 11.2 Å². The summed E-state index contributed by atoms with van der Waals surface area (Å²) in [6.45, 7) is 9.18. The van der Waals surface area contributed by atoms with Gasteiger partial charge in [0.2, 0.25) is 0 Å². The van der Waals surface area contributed by atoms with Crippen molar-refractivity contribution in [3.8, 4) is 44.5 Å². The van der Waals surface area contributed by atoms with Gasteiger partial charge in [0.25, 0.3) is 0 Å². The lowest BCUT2D eigenvalue weighted by molar-refractivity contribution is 0.670. The fourth-order valence-corrected chi connectivity index (χ4v) is 10.7.